The molecule has 2 amide bonds. The summed E-state index contributed by atoms with van der Waals surface area (Å²) in [5.41, 5.74) is 0.619. The number of benzene rings is 2. The molecule has 250 valence electrons. The molecule has 0 spiro atoms. The monoisotopic (exact) mass is 647 g/mol. The van der Waals surface area contributed by atoms with Gasteiger partial charge in [0.25, 0.3) is 5.91 Å². The molecular formula is C34H41N5O8. The largest absolute Gasteiger partial charge is 0.527 e. The number of aliphatic hydroxyl groups excluding tert-OH is 1. The van der Waals surface area contributed by atoms with E-state index in [2.05, 4.69) is 15.3 Å². The van der Waals surface area contributed by atoms with Gasteiger partial charge in [-0.3, -0.25) is 14.4 Å². The van der Waals surface area contributed by atoms with Gasteiger partial charge in [0.05, 0.1) is 25.4 Å². The second-order valence-electron chi connectivity index (χ2n) is 11.9. The van der Waals surface area contributed by atoms with Crippen LogP contribution in [0.3, 0.4) is 0 Å². The molecule has 3 aromatic rings. The molecule has 13 nitrogen and oxygen atoms in total. The normalized spacial score (nSPS) is 14.9. The van der Waals surface area contributed by atoms with Crippen molar-refractivity contribution in [1.29, 1.82) is 0 Å². The van der Waals surface area contributed by atoms with Crippen molar-refractivity contribution in [2.75, 3.05) is 32.8 Å². The highest BCUT2D eigenvalue weighted by Crippen LogP contribution is 2.24. The van der Waals surface area contributed by atoms with Crippen molar-refractivity contribution < 1.29 is 38.6 Å². The third-order valence-electron chi connectivity index (χ3n) is 7.08. The molecule has 2 heterocycles. The van der Waals surface area contributed by atoms with E-state index in [0.29, 0.717) is 11.1 Å². The van der Waals surface area contributed by atoms with E-state index < -0.39 is 41.7 Å². The average Bonchev–Trinajstić information content (AvgIpc) is 3.06. The number of rotatable bonds is 11. The van der Waals surface area contributed by atoms with Crippen LogP contribution >= 0.6 is 0 Å². The summed E-state index contributed by atoms with van der Waals surface area (Å²) in [6.07, 6.45) is -2.14. The van der Waals surface area contributed by atoms with Gasteiger partial charge < -0.3 is 29.6 Å². The summed E-state index contributed by atoms with van der Waals surface area (Å²) in [5, 5.41) is 15.3. The molecular weight excluding hydrogens is 606 g/mol. The zero-order chi connectivity index (χ0) is 34.0. The van der Waals surface area contributed by atoms with Crippen LogP contribution in [0.15, 0.2) is 66.7 Å². The first-order chi connectivity index (χ1) is 22.4. The van der Waals surface area contributed by atoms with Crippen LogP contribution in [-0.4, -0.2) is 93.4 Å². The summed E-state index contributed by atoms with van der Waals surface area (Å²) in [5.74, 6) is -1.39. The van der Waals surface area contributed by atoms with Crippen molar-refractivity contribution in [3.8, 4) is 11.4 Å². The van der Waals surface area contributed by atoms with Crippen molar-refractivity contribution in [3.05, 3.63) is 83.7 Å². The molecule has 1 aromatic heterocycles. The number of hydrogen-bond donors (Lipinski definition) is 2. The molecule has 4 rings (SSSR count). The lowest BCUT2D eigenvalue weighted by atomic mass is 10.0. The first-order valence-electron chi connectivity index (χ1n) is 15.5. The Morgan fingerprint density at radius 1 is 0.936 bits per heavy atom. The lowest BCUT2D eigenvalue weighted by Gasteiger charge is -2.35. The van der Waals surface area contributed by atoms with E-state index in [-0.39, 0.29) is 62.8 Å². The van der Waals surface area contributed by atoms with Gasteiger partial charge in [-0.25, -0.2) is 14.8 Å². The number of piperazine rings is 1. The summed E-state index contributed by atoms with van der Waals surface area (Å²) in [6.45, 7) is 7.93. The summed E-state index contributed by atoms with van der Waals surface area (Å²) in [7, 11) is 0. The van der Waals surface area contributed by atoms with Crippen LogP contribution in [0.5, 0.6) is 0 Å². The summed E-state index contributed by atoms with van der Waals surface area (Å²) in [4.78, 5) is 67.6. The maximum atomic E-state index is 13.8. The zero-order valence-corrected chi connectivity index (χ0v) is 27.0. The number of carbonyl (C=O) groups is 4. The Bertz CT molecular complexity index is 1520. The van der Waals surface area contributed by atoms with Gasteiger partial charge in [0.15, 0.2) is 5.82 Å². The third-order valence-corrected chi connectivity index (χ3v) is 7.08. The molecule has 1 unspecified atom stereocenters. The second kappa shape index (κ2) is 16.1. The van der Waals surface area contributed by atoms with Gasteiger partial charge in [-0.15, -0.1) is 5.06 Å². The van der Waals surface area contributed by atoms with Crippen LogP contribution in [0.1, 0.15) is 68.4 Å². The smallest absolute Gasteiger partial charge is 0.460 e. The van der Waals surface area contributed by atoms with Crippen molar-refractivity contribution in [3.63, 3.8) is 0 Å². The van der Waals surface area contributed by atoms with Gasteiger partial charge in [0.1, 0.15) is 23.4 Å². The number of nitrogens with one attached hydrogen (secondary N) is 1. The van der Waals surface area contributed by atoms with E-state index in [1.807, 2.05) is 24.3 Å². The molecule has 0 radical (unpaired) electrons. The van der Waals surface area contributed by atoms with Gasteiger partial charge >= 0.3 is 12.1 Å². The molecule has 1 fully saturated rings. The van der Waals surface area contributed by atoms with Gasteiger partial charge in [-0.2, -0.15) is 0 Å². The lowest BCUT2D eigenvalue weighted by Crippen LogP contribution is -2.55. The summed E-state index contributed by atoms with van der Waals surface area (Å²) < 4.78 is 10.2. The minimum Gasteiger partial charge on any atom is -0.460 e. The fourth-order valence-corrected chi connectivity index (χ4v) is 4.86. The third kappa shape index (κ3) is 10.3. The predicted molar refractivity (Wildman–Crippen MR) is 171 cm³/mol. The fourth-order valence-electron chi connectivity index (χ4n) is 4.86. The number of esters is 1. The molecule has 0 bridgehead atoms. The highest BCUT2D eigenvalue weighted by Gasteiger charge is 2.32. The Kier molecular flexibility index (Phi) is 12.0. The molecule has 2 aromatic carbocycles. The molecule has 1 saturated heterocycles. The number of nitrogens with zero attached hydrogens (tertiary/aromatic N) is 4. The summed E-state index contributed by atoms with van der Waals surface area (Å²) >= 11 is 0. The number of ether oxygens (including phenoxy) is 2. The van der Waals surface area contributed by atoms with E-state index in [4.69, 9.17) is 14.3 Å². The SMILES string of the molecule is CCOC(=O)ON1CCN(C(=O)C(CCC(=O)OC(C)(C)C)NC(=O)c2cc([C@@H](O)c3ccccc3)nc(-c3ccccc3)n2)CC1. The Morgan fingerprint density at radius 3 is 2.19 bits per heavy atom. The highest BCUT2D eigenvalue weighted by molar-refractivity contribution is 5.96. The molecule has 1 aliphatic rings. The van der Waals surface area contributed by atoms with Crippen molar-refractivity contribution >= 4 is 23.9 Å². The lowest BCUT2D eigenvalue weighted by molar-refractivity contribution is -0.158. The number of hydroxylamine groups is 2. The first kappa shape index (κ1) is 35.0. The maximum absolute atomic E-state index is 13.8. The van der Waals surface area contributed by atoms with Crippen LogP contribution < -0.4 is 5.32 Å². The molecule has 2 N–H and O–H groups in total. The average molecular weight is 648 g/mol. The van der Waals surface area contributed by atoms with Crippen molar-refractivity contribution in [2.45, 2.75) is 58.3 Å². The van der Waals surface area contributed by atoms with E-state index in [1.54, 1.807) is 64.1 Å². The molecule has 2 atom stereocenters. The van der Waals surface area contributed by atoms with E-state index in [9.17, 15) is 24.3 Å². The first-order valence-corrected chi connectivity index (χ1v) is 15.5. The Balaban J connectivity index is 1.58. The summed E-state index contributed by atoms with van der Waals surface area (Å²) in [6, 6.07) is 18.2. The van der Waals surface area contributed by atoms with E-state index in [1.165, 1.54) is 16.0 Å². The molecule has 13 heteroatoms. The number of aliphatic hydroxyl groups is 1. The van der Waals surface area contributed by atoms with Gasteiger partial charge in [-0.1, -0.05) is 60.7 Å². The highest BCUT2D eigenvalue weighted by atomic mass is 16.8. The van der Waals surface area contributed by atoms with Crippen molar-refractivity contribution in [2.24, 2.45) is 0 Å². The van der Waals surface area contributed by atoms with Crippen molar-refractivity contribution in [1.82, 2.24) is 25.2 Å². The van der Waals surface area contributed by atoms with Gasteiger partial charge in [0, 0.05) is 25.1 Å². The molecule has 47 heavy (non-hydrogen) atoms. The quantitative estimate of drug-likeness (QED) is 0.292. The van der Waals surface area contributed by atoms with Crippen LogP contribution in [0.4, 0.5) is 4.79 Å². The number of aromatic nitrogens is 2. The Hall–Kier alpha value is -4.88. The van der Waals surface area contributed by atoms with Gasteiger partial charge in [-0.05, 0) is 45.7 Å². The van der Waals surface area contributed by atoms with E-state index in [0.717, 1.165) is 0 Å². The van der Waals surface area contributed by atoms with E-state index >= 15 is 0 Å². The van der Waals surface area contributed by atoms with Gasteiger partial charge in [0.2, 0.25) is 5.91 Å². The van der Waals surface area contributed by atoms with Crippen LogP contribution in [0.2, 0.25) is 0 Å². The minimum atomic E-state index is -1.15. The van der Waals surface area contributed by atoms with Crippen LogP contribution in [0.25, 0.3) is 11.4 Å². The number of hydrogen-bond acceptors (Lipinski definition) is 11. The molecule has 1 aliphatic heterocycles. The second-order valence-corrected chi connectivity index (χ2v) is 11.9. The van der Waals surface area contributed by atoms with Crippen LogP contribution in [-0.2, 0) is 23.9 Å². The number of carbonyl (C=O) groups excluding carboxylic acids is 4. The Labute approximate surface area is 273 Å². The Morgan fingerprint density at radius 2 is 1.57 bits per heavy atom. The molecule has 0 aliphatic carbocycles. The standard InChI is InChI=1S/C34H41N5O8/c1-5-45-33(44)47-39-20-18-38(19-21-39)32(43)25(16-17-28(40)46-34(2,3)4)37-31(42)27-22-26(29(41)23-12-8-6-9-13-23)35-30(36-27)24-14-10-7-11-15-24/h6-15,22,25,29,41H,5,16-21H2,1-4H3,(H,37,42)/t25?,29-/m0/s1. The minimum absolute atomic E-state index is 0.0326. The van der Waals surface area contributed by atoms with Crippen LogP contribution in [0, 0.1) is 0 Å². The zero-order valence-electron chi connectivity index (χ0n) is 27.0. The number of amides is 2. The topological polar surface area (TPSA) is 160 Å². The molecule has 0 saturated carbocycles. The predicted octanol–water partition coefficient (Wildman–Crippen LogP) is 3.68. The maximum Gasteiger partial charge on any atom is 0.527 e. The fraction of sp³-hybridized carbons (Fsp3) is 0.412.